The van der Waals surface area contributed by atoms with E-state index in [1.54, 1.807) is 6.07 Å². The zero-order valence-electron chi connectivity index (χ0n) is 8.53. The SMILES string of the molecule is CN1Cc2ccc(F)cc2C[C@@H]1C(N)=O. The van der Waals surface area contributed by atoms with Crippen LogP contribution in [-0.2, 0) is 17.8 Å². The Morgan fingerprint density at radius 3 is 2.93 bits per heavy atom. The lowest BCUT2D eigenvalue weighted by atomic mass is 9.94. The van der Waals surface area contributed by atoms with Crippen LogP contribution in [0, 0.1) is 5.82 Å². The van der Waals surface area contributed by atoms with Crippen LogP contribution in [0.2, 0.25) is 0 Å². The molecule has 3 nitrogen and oxygen atoms in total. The molecule has 80 valence electrons. The fraction of sp³-hybridized carbons (Fsp3) is 0.364. The molecule has 2 N–H and O–H groups in total. The van der Waals surface area contributed by atoms with E-state index in [0.29, 0.717) is 13.0 Å². The Bertz CT molecular complexity index is 406. The zero-order chi connectivity index (χ0) is 11.0. The smallest absolute Gasteiger partial charge is 0.235 e. The van der Waals surface area contributed by atoms with Crippen LogP contribution in [0.15, 0.2) is 18.2 Å². The summed E-state index contributed by atoms with van der Waals surface area (Å²) in [6.45, 7) is 0.642. The maximum absolute atomic E-state index is 13.0. The number of likely N-dealkylation sites (N-methyl/N-ethyl adjacent to an activating group) is 1. The number of benzene rings is 1. The van der Waals surface area contributed by atoms with Crippen molar-refractivity contribution in [2.75, 3.05) is 7.05 Å². The van der Waals surface area contributed by atoms with Gasteiger partial charge in [-0.1, -0.05) is 6.07 Å². The highest BCUT2D eigenvalue weighted by molar-refractivity contribution is 5.80. The molecule has 15 heavy (non-hydrogen) atoms. The summed E-state index contributed by atoms with van der Waals surface area (Å²) in [5.41, 5.74) is 7.23. The Morgan fingerprint density at radius 1 is 1.53 bits per heavy atom. The van der Waals surface area contributed by atoms with Gasteiger partial charge in [-0.3, -0.25) is 9.69 Å². The summed E-state index contributed by atoms with van der Waals surface area (Å²) in [6.07, 6.45) is 0.499. The van der Waals surface area contributed by atoms with Gasteiger partial charge in [-0.15, -0.1) is 0 Å². The first-order valence-corrected chi connectivity index (χ1v) is 4.85. The Kier molecular flexibility index (Phi) is 2.44. The Labute approximate surface area is 87.7 Å². The van der Waals surface area contributed by atoms with E-state index in [4.69, 9.17) is 5.73 Å². The maximum Gasteiger partial charge on any atom is 0.235 e. The average Bonchev–Trinajstić information content (AvgIpc) is 2.17. The van der Waals surface area contributed by atoms with Crippen LogP contribution in [0.1, 0.15) is 11.1 Å². The highest BCUT2D eigenvalue weighted by atomic mass is 19.1. The van der Waals surface area contributed by atoms with Crippen molar-refractivity contribution in [3.63, 3.8) is 0 Å². The molecule has 0 aromatic heterocycles. The molecule has 0 saturated heterocycles. The van der Waals surface area contributed by atoms with Crippen molar-refractivity contribution in [2.45, 2.75) is 19.0 Å². The number of hydrogen-bond acceptors (Lipinski definition) is 2. The van der Waals surface area contributed by atoms with Gasteiger partial charge >= 0.3 is 0 Å². The van der Waals surface area contributed by atoms with Gasteiger partial charge in [0.15, 0.2) is 0 Å². The second-order valence-electron chi connectivity index (χ2n) is 3.95. The standard InChI is InChI=1S/C11H13FN2O/c1-14-6-7-2-3-9(12)4-8(7)5-10(14)11(13)15/h2-4,10H,5-6H2,1H3,(H2,13,15)/t10-/m1/s1. The highest BCUT2D eigenvalue weighted by Crippen LogP contribution is 2.22. The number of rotatable bonds is 1. The number of hydrogen-bond donors (Lipinski definition) is 1. The first kappa shape index (κ1) is 10.1. The molecule has 0 aliphatic carbocycles. The van der Waals surface area contributed by atoms with Crippen molar-refractivity contribution in [2.24, 2.45) is 5.73 Å². The van der Waals surface area contributed by atoms with Gasteiger partial charge in [0.05, 0.1) is 6.04 Å². The predicted octanol–water partition coefficient (Wildman–Crippen LogP) is 0.668. The molecule has 4 heteroatoms. The molecular weight excluding hydrogens is 195 g/mol. The van der Waals surface area contributed by atoms with Crippen molar-refractivity contribution < 1.29 is 9.18 Å². The Balaban J connectivity index is 2.34. The first-order chi connectivity index (χ1) is 7.08. The minimum atomic E-state index is -0.354. The topological polar surface area (TPSA) is 46.3 Å². The van der Waals surface area contributed by atoms with Crippen molar-refractivity contribution in [3.8, 4) is 0 Å². The molecular formula is C11H13FN2O. The molecule has 1 aliphatic rings. The molecule has 1 aromatic rings. The van der Waals surface area contributed by atoms with E-state index >= 15 is 0 Å². The molecule has 0 radical (unpaired) electrons. The molecule has 1 aromatic carbocycles. The highest BCUT2D eigenvalue weighted by Gasteiger charge is 2.27. The van der Waals surface area contributed by atoms with E-state index in [1.165, 1.54) is 12.1 Å². The van der Waals surface area contributed by atoms with Crippen LogP contribution in [0.5, 0.6) is 0 Å². The number of nitrogens with two attached hydrogens (primary N) is 1. The number of primary amides is 1. The first-order valence-electron chi connectivity index (χ1n) is 4.85. The van der Waals surface area contributed by atoms with Gasteiger partial charge < -0.3 is 5.73 Å². The van der Waals surface area contributed by atoms with E-state index < -0.39 is 0 Å². The van der Waals surface area contributed by atoms with Gasteiger partial charge in [0.2, 0.25) is 5.91 Å². The van der Waals surface area contributed by atoms with Crippen LogP contribution in [0.25, 0.3) is 0 Å². The normalized spacial score (nSPS) is 21.1. The number of amides is 1. The van der Waals surface area contributed by atoms with E-state index in [0.717, 1.165) is 11.1 Å². The Morgan fingerprint density at radius 2 is 2.27 bits per heavy atom. The number of fused-ring (bicyclic) bond motifs is 1. The number of nitrogens with zero attached hydrogens (tertiary/aromatic N) is 1. The van der Waals surface area contributed by atoms with Gasteiger partial charge in [-0.05, 0) is 36.7 Å². The molecule has 0 saturated carbocycles. The van der Waals surface area contributed by atoms with Crippen LogP contribution in [0.4, 0.5) is 4.39 Å². The lowest BCUT2D eigenvalue weighted by Crippen LogP contribution is -2.46. The van der Waals surface area contributed by atoms with Crippen molar-refractivity contribution in [3.05, 3.63) is 35.1 Å². The second kappa shape index (κ2) is 3.62. The average molecular weight is 208 g/mol. The van der Waals surface area contributed by atoms with Crippen LogP contribution in [0.3, 0.4) is 0 Å². The fourth-order valence-electron chi connectivity index (χ4n) is 2.00. The molecule has 0 unspecified atom stereocenters. The molecule has 2 rings (SSSR count). The third-order valence-electron chi connectivity index (χ3n) is 2.86. The minimum absolute atomic E-state index is 0.262. The molecule has 1 aliphatic heterocycles. The molecule has 0 fully saturated rings. The monoisotopic (exact) mass is 208 g/mol. The second-order valence-corrected chi connectivity index (χ2v) is 3.95. The summed E-state index contributed by atoms with van der Waals surface area (Å²) in [4.78, 5) is 13.0. The fourth-order valence-corrected chi connectivity index (χ4v) is 2.00. The predicted molar refractivity (Wildman–Crippen MR) is 54.6 cm³/mol. The summed E-state index contributed by atoms with van der Waals surface area (Å²) in [5.74, 6) is -0.617. The van der Waals surface area contributed by atoms with Gasteiger partial charge in [-0.2, -0.15) is 0 Å². The van der Waals surface area contributed by atoms with Gasteiger partial charge in [-0.25, -0.2) is 4.39 Å². The van der Waals surface area contributed by atoms with E-state index in [9.17, 15) is 9.18 Å². The summed E-state index contributed by atoms with van der Waals surface area (Å²) in [6, 6.07) is 4.37. The summed E-state index contributed by atoms with van der Waals surface area (Å²) in [7, 11) is 1.85. The number of carbonyl (C=O) groups excluding carboxylic acids is 1. The lowest BCUT2D eigenvalue weighted by Gasteiger charge is -2.31. The third kappa shape index (κ3) is 1.85. The Hall–Kier alpha value is -1.42. The van der Waals surface area contributed by atoms with Crippen LogP contribution >= 0.6 is 0 Å². The molecule has 0 spiro atoms. The van der Waals surface area contributed by atoms with E-state index in [1.807, 2.05) is 11.9 Å². The maximum atomic E-state index is 13.0. The van der Waals surface area contributed by atoms with Crippen molar-refractivity contribution in [1.29, 1.82) is 0 Å². The molecule has 0 bridgehead atoms. The van der Waals surface area contributed by atoms with Crippen LogP contribution < -0.4 is 5.73 Å². The zero-order valence-corrected chi connectivity index (χ0v) is 8.53. The quantitative estimate of drug-likeness (QED) is 0.737. The van der Waals surface area contributed by atoms with Gasteiger partial charge in [0, 0.05) is 6.54 Å². The number of carbonyl (C=O) groups is 1. The minimum Gasteiger partial charge on any atom is -0.368 e. The number of halogens is 1. The molecule has 1 amide bonds. The third-order valence-corrected chi connectivity index (χ3v) is 2.86. The van der Waals surface area contributed by atoms with Crippen molar-refractivity contribution >= 4 is 5.91 Å². The molecule has 1 atom stereocenters. The summed E-state index contributed by atoms with van der Waals surface area (Å²) >= 11 is 0. The largest absolute Gasteiger partial charge is 0.368 e. The van der Waals surface area contributed by atoms with Gasteiger partial charge in [0.25, 0.3) is 0 Å². The summed E-state index contributed by atoms with van der Waals surface area (Å²) in [5, 5.41) is 0. The van der Waals surface area contributed by atoms with Crippen molar-refractivity contribution in [1.82, 2.24) is 4.90 Å². The molecule has 1 heterocycles. The van der Waals surface area contributed by atoms with Crippen LogP contribution in [-0.4, -0.2) is 23.9 Å². The van der Waals surface area contributed by atoms with Gasteiger partial charge in [0.1, 0.15) is 5.82 Å². The van der Waals surface area contributed by atoms with E-state index in [-0.39, 0.29) is 17.8 Å². The lowest BCUT2D eigenvalue weighted by molar-refractivity contribution is -0.123. The van der Waals surface area contributed by atoms with E-state index in [2.05, 4.69) is 0 Å². The summed E-state index contributed by atoms with van der Waals surface area (Å²) < 4.78 is 13.0.